The summed E-state index contributed by atoms with van der Waals surface area (Å²) in [5.74, 6) is 0.370. The number of ether oxygens (including phenoxy) is 2. The van der Waals surface area contributed by atoms with E-state index in [1.165, 1.54) is 0 Å². The highest BCUT2D eigenvalue weighted by atomic mass is 16.5. The quantitative estimate of drug-likeness (QED) is 0.680. The van der Waals surface area contributed by atoms with Crippen molar-refractivity contribution in [3.8, 4) is 5.75 Å². The summed E-state index contributed by atoms with van der Waals surface area (Å²) >= 11 is 0. The first-order valence-electron chi connectivity index (χ1n) is 8.21. The smallest absolute Gasteiger partial charge is 0.293 e. The van der Waals surface area contributed by atoms with Gasteiger partial charge in [-0.1, -0.05) is 12.1 Å². The highest BCUT2D eigenvalue weighted by Gasteiger charge is 2.37. The molecule has 2 aromatic heterocycles. The van der Waals surface area contributed by atoms with Crippen molar-refractivity contribution in [3.63, 3.8) is 0 Å². The number of aromatic nitrogens is 5. The Labute approximate surface area is 149 Å². The average molecular weight is 354 g/mol. The maximum Gasteiger partial charge on any atom is 0.293 e. The third kappa shape index (κ3) is 3.08. The fraction of sp³-hybridized carbons (Fsp3) is 0.353. The zero-order valence-corrected chi connectivity index (χ0v) is 14.4. The van der Waals surface area contributed by atoms with E-state index in [-0.39, 0.29) is 23.9 Å². The van der Waals surface area contributed by atoms with Crippen molar-refractivity contribution in [1.29, 1.82) is 0 Å². The minimum atomic E-state index is -0.321. The zero-order valence-electron chi connectivity index (χ0n) is 14.4. The van der Waals surface area contributed by atoms with Gasteiger partial charge in [-0.2, -0.15) is 5.10 Å². The highest BCUT2D eigenvalue weighted by molar-refractivity contribution is 5.92. The van der Waals surface area contributed by atoms with Gasteiger partial charge in [0.05, 0.1) is 37.2 Å². The molecule has 0 aliphatic carbocycles. The molecule has 2 atom stereocenters. The number of hydrogen-bond donors (Lipinski definition) is 0. The topological polar surface area (TPSA) is 95.3 Å². The lowest BCUT2D eigenvalue weighted by molar-refractivity contribution is 0.0608. The number of rotatable bonds is 4. The number of hydrogen-bond acceptors (Lipinski definition) is 7. The monoisotopic (exact) mass is 354 g/mol. The van der Waals surface area contributed by atoms with E-state index in [4.69, 9.17) is 9.47 Å². The number of likely N-dealkylation sites (N-methyl/N-ethyl adjacent to an activating group) is 1. The molecule has 26 heavy (non-hydrogen) atoms. The molecule has 3 aromatic rings. The van der Waals surface area contributed by atoms with Crippen LogP contribution in [0.3, 0.4) is 0 Å². The van der Waals surface area contributed by atoms with Crippen LogP contribution in [0.1, 0.15) is 10.6 Å². The van der Waals surface area contributed by atoms with Crippen molar-refractivity contribution >= 4 is 16.9 Å². The lowest BCUT2D eigenvalue weighted by atomic mass is 10.2. The summed E-state index contributed by atoms with van der Waals surface area (Å²) in [6, 6.07) is 7.04. The summed E-state index contributed by atoms with van der Waals surface area (Å²) in [6.07, 6.45) is 3.11. The van der Waals surface area contributed by atoms with Gasteiger partial charge < -0.3 is 14.4 Å². The van der Waals surface area contributed by atoms with E-state index in [0.29, 0.717) is 30.0 Å². The van der Waals surface area contributed by atoms with Gasteiger partial charge in [-0.15, -0.1) is 10.2 Å². The second kappa shape index (κ2) is 6.68. The number of nitrogens with zero attached hydrogens (tertiary/aromatic N) is 6. The first-order chi connectivity index (χ1) is 12.6. The number of carbonyl (C=O) groups is 1. The normalized spacial score (nSPS) is 19.6. The standard InChI is InChI=1S/C17H18N6O3/c1-22-8-11(7-18-22)26-15-10-25-9-14(15)23(2)17(24)16-19-12-5-3-4-6-13(12)20-21-16/h3-8,14-15H,9-10H2,1-2H3/t14-,15+/m0/s1. The highest BCUT2D eigenvalue weighted by Crippen LogP contribution is 2.20. The molecule has 9 heteroatoms. The minimum absolute atomic E-state index is 0.0539. The fourth-order valence-electron chi connectivity index (χ4n) is 2.91. The molecule has 1 amide bonds. The maximum absolute atomic E-state index is 12.8. The summed E-state index contributed by atoms with van der Waals surface area (Å²) in [7, 11) is 3.51. The first kappa shape index (κ1) is 16.4. The predicted molar refractivity (Wildman–Crippen MR) is 91.7 cm³/mol. The summed E-state index contributed by atoms with van der Waals surface area (Å²) in [5.41, 5.74) is 1.28. The van der Waals surface area contributed by atoms with Crippen LogP contribution < -0.4 is 4.74 Å². The van der Waals surface area contributed by atoms with Crippen LogP contribution in [-0.4, -0.2) is 68.2 Å². The molecule has 3 heterocycles. The lowest BCUT2D eigenvalue weighted by Crippen LogP contribution is -2.46. The molecular formula is C17H18N6O3. The largest absolute Gasteiger partial charge is 0.482 e. The number of benzene rings is 1. The summed E-state index contributed by atoms with van der Waals surface area (Å²) in [5, 5.41) is 12.1. The van der Waals surface area contributed by atoms with E-state index in [0.717, 1.165) is 0 Å². The van der Waals surface area contributed by atoms with Crippen LogP contribution >= 0.6 is 0 Å². The molecule has 0 unspecified atom stereocenters. The molecule has 0 bridgehead atoms. The Kier molecular flexibility index (Phi) is 4.21. The number of amides is 1. The summed E-state index contributed by atoms with van der Waals surface area (Å²) in [6.45, 7) is 0.780. The molecule has 0 spiro atoms. The molecule has 134 valence electrons. The second-order valence-electron chi connectivity index (χ2n) is 6.15. The predicted octanol–water partition coefficient (Wildman–Crippen LogP) is 0.677. The Morgan fingerprint density at radius 2 is 2.08 bits per heavy atom. The Hall–Kier alpha value is -3.07. The molecule has 1 fully saturated rings. The number of aryl methyl sites for hydroxylation is 1. The first-order valence-corrected chi connectivity index (χ1v) is 8.21. The number of para-hydroxylation sites is 1. The van der Waals surface area contributed by atoms with E-state index in [2.05, 4.69) is 20.3 Å². The Balaban J connectivity index is 1.52. The Morgan fingerprint density at radius 1 is 1.27 bits per heavy atom. The van der Waals surface area contributed by atoms with Gasteiger partial charge in [-0.3, -0.25) is 9.48 Å². The van der Waals surface area contributed by atoms with Crippen LogP contribution in [0.15, 0.2) is 36.7 Å². The van der Waals surface area contributed by atoms with Crippen LogP contribution in [0.4, 0.5) is 0 Å². The lowest BCUT2D eigenvalue weighted by Gasteiger charge is -2.27. The molecule has 1 saturated heterocycles. The molecule has 0 saturated carbocycles. The van der Waals surface area contributed by atoms with Gasteiger partial charge >= 0.3 is 0 Å². The van der Waals surface area contributed by atoms with Crippen LogP contribution in [0.5, 0.6) is 5.75 Å². The summed E-state index contributed by atoms with van der Waals surface area (Å²) < 4.78 is 13.1. The molecular weight excluding hydrogens is 336 g/mol. The van der Waals surface area contributed by atoms with Crippen LogP contribution in [0.2, 0.25) is 0 Å². The zero-order chi connectivity index (χ0) is 18.1. The van der Waals surface area contributed by atoms with E-state index in [1.54, 1.807) is 41.2 Å². The van der Waals surface area contributed by atoms with Gasteiger partial charge in [0.25, 0.3) is 5.91 Å². The molecule has 1 aliphatic rings. The number of carbonyl (C=O) groups excluding carboxylic acids is 1. The van der Waals surface area contributed by atoms with Gasteiger partial charge in [0, 0.05) is 14.1 Å². The van der Waals surface area contributed by atoms with Gasteiger partial charge in [-0.05, 0) is 12.1 Å². The number of fused-ring (bicyclic) bond motifs is 1. The molecule has 1 aliphatic heterocycles. The van der Waals surface area contributed by atoms with Crippen molar-refractivity contribution in [2.75, 3.05) is 20.3 Å². The molecule has 4 rings (SSSR count). The Morgan fingerprint density at radius 3 is 2.85 bits per heavy atom. The van der Waals surface area contributed by atoms with Crippen molar-refractivity contribution in [3.05, 3.63) is 42.5 Å². The maximum atomic E-state index is 12.8. The van der Waals surface area contributed by atoms with E-state index >= 15 is 0 Å². The van der Waals surface area contributed by atoms with E-state index < -0.39 is 0 Å². The second-order valence-corrected chi connectivity index (χ2v) is 6.15. The van der Waals surface area contributed by atoms with Crippen LogP contribution in [-0.2, 0) is 11.8 Å². The fourth-order valence-corrected chi connectivity index (χ4v) is 2.91. The van der Waals surface area contributed by atoms with Gasteiger partial charge in [-0.25, -0.2) is 4.98 Å². The molecule has 0 radical (unpaired) electrons. The summed E-state index contributed by atoms with van der Waals surface area (Å²) in [4.78, 5) is 18.7. The average Bonchev–Trinajstić information content (AvgIpc) is 3.29. The van der Waals surface area contributed by atoms with E-state index in [9.17, 15) is 4.79 Å². The SMILES string of the molecule is CN(C(=O)c1nnc2ccccc2n1)[C@H]1COC[C@H]1Oc1cnn(C)c1. The third-order valence-corrected chi connectivity index (χ3v) is 4.34. The van der Waals surface area contributed by atoms with Crippen molar-refractivity contribution in [2.45, 2.75) is 12.1 Å². The van der Waals surface area contributed by atoms with Crippen LogP contribution in [0, 0.1) is 0 Å². The molecule has 1 aromatic carbocycles. The molecule has 9 nitrogen and oxygen atoms in total. The molecule has 0 N–H and O–H groups in total. The van der Waals surface area contributed by atoms with Gasteiger partial charge in [0.2, 0.25) is 5.82 Å². The third-order valence-electron chi connectivity index (χ3n) is 4.34. The van der Waals surface area contributed by atoms with Crippen LogP contribution in [0.25, 0.3) is 11.0 Å². The Bertz CT molecular complexity index is 943. The van der Waals surface area contributed by atoms with Crippen molar-refractivity contribution in [1.82, 2.24) is 29.9 Å². The van der Waals surface area contributed by atoms with Crippen molar-refractivity contribution in [2.24, 2.45) is 7.05 Å². The van der Waals surface area contributed by atoms with Gasteiger partial charge in [0.15, 0.2) is 5.75 Å². The van der Waals surface area contributed by atoms with Crippen molar-refractivity contribution < 1.29 is 14.3 Å². The minimum Gasteiger partial charge on any atom is -0.482 e. The van der Waals surface area contributed by atoms with E-state index in [1.807, 2.05) is 19.2 Å². The van der Waals surface area contributed by atoms with Gasteiger partial charge in [0.1, 0.15) is 11.6 Å².